The number of ether oxygens (including phenoxy) is 1. The molecule has 17 heavy (non-hydrogen) atoms. The summed E-state index contributed by atoms with van der Waals surface area (Å²) in [7, 11) is 0. The molecule has 0 heterocycles. The lowest BCUT2D eigenvalue weighted by Gasteiger charge is -2.04. The third-order valence-corrected chi connectivity index (χ3v) is 2.22. The summed E-state index contributed by atoms with van der Waals surface area (Å²) in [6.07, 6.45) is 0. The summed E-state index contributed by atoms with van der Waals surface area (Å²) >= 11 is 11.6. The monoisotopic (exact) mass is 274 g/mol. The molecule has 0 radical (unpaired) electrons. The highest BCUT2D eigenvalue weighted by Gasteiger charge is 2.06. The van der Waals surface area contributed by atoms with E-state index in [0.29, 0.717) is 22.3 Å². The van der Waals surface area contributed by atoms with E-state index in [2.05, 4.69) is 10.5 Å². The SMILES string of the molecule is CCOC(=O)/C(C)=N/Nc1cc(Cl)cc(Cl)c1. The zero-order chi connectivity index (χ0) is 12.8. The molecule has 0 aliphatic carbocycles. The Morgan fingerprint density at radius 2 is 1.94 bits per heavy atom. The number of rotatable bonds is 4. The number of carbonyl (C=O) groups excluding carboxylic acids is 1. The Morgan fingerprint density at radius 3 is 2.47 bits per heavy atom. The first kappa shape index (κ1) is 13.8. The molecule has 0 unspecified atom stereocenters. The molecule has 1 aromatic carbocycles. The normalized spacial score (nSPS) is 11.2. The van der Waals surface area contributed by atoms with Crippen LogP contribution < -0.4 is 5.43 Å². The average Bonchev–Trinajstić information content (AvgIpc) is 2.25. The molecular weight excluding hydrogens is 263 g/mol. The zero-order valence-corrected chi connectivity index (χ0v) is 11.0. The summed E-state index contributed by atoms with van der Waals surface area (Å²) in [5.41, 5.74) is 3.51. The lowest BCUT2D eigenvalue weighted by Crippen LogP contribution is -2.15. The molecule has 0 saturated heterocycles. The number of nitrogens with one attached hydrogen (secondary N) is 1. The molecule has 0 aliphatic rings. The van der Waals surface area contributed by atoms with E-state index in [4.69, 9.17) is 27.9 Å². The Kier molecular flexibility index (Phi) is 5.25. The van der Waals surface area contributed by atoms with Crippen molar-refractivity contribution in [3.8, 4) is 0 Å². The molecule has 0 amide bonds. The summed E-state index contributed by atoms with van der Waals surface area (Å²) in [5.74, 6) is -0.465. The minimum absolute atomic E-state index is 0.225. The van der Waals surface area contributed by atoms with Crippen LogP contribution in [0.3, 0.4) is 0 Å². The first-order valence-electron chi connectivity index (χ1n) is 4.96. The van der Waals surface area contributed by atoms with Gasteiger partial charge in [0.1, 0.15) is 5.71 Å². The molecule has 1 rings (SSSR count). The highest BCUT2D eigenvalue weighted by atomic mass is 35.5. The maximum atomic E-state index is 11.3. The fraction of sp³-hybridized carbons (Fsp3) is 0.273. The third-order valence-electron chi connectivity index (χ3n) is 1.79. The number of carbonyl (C=O) groups is 1. The number of halogens is 2. The summed E-state index contributed by atoms with van der Waals surface area (Å²) < 4.78 is 4.78. The quantitative estimate of drug-likeness (QED) is 0.521. The van der Waals surface area contributed by atoms with Crippen molar-refractivity contribution in [1.82, 2.24) is 0 Å². The van der Waals surface area contributed by atoms with Crippen molar-refractivity contribution in [3.63, 3.8) is 0 Å². The van der Waals surface area contributed by atoms with Gasteiger partial charge in [-0.15, -0.1) is 0 Å². The molecule has 0 bridgehead atoms. The Hall–Kier alpha value is -1.26. The zero-order valence-electron chi connectivity index (χ0n) is 9.46. The summed E-state index contributed by atoms with van der Waals surface area (Å²) in [4.78, 5) is 11.3. The molecule has 0 saturated carbocycles. The largest absolute Gasteiger partial charge is 0.461 e. The second-order valence-electron chi connectivity index (χ2n) is 3.19. The highest BCUT2D eigenvalue weighted by molar-refractivity contribution is 6.36. The van der Waals surface area contributed by atoms with Crippen LogP contribution in [0.5, 0.6) is 0 Å². The van der Waals surface area contributed by atoms with Crippen LogP contribution in [0.4, 0.5) is 5.69 Å². The van der Waals surface area contributed by atoms with Crippen LogP contribution in [-0.4, -0.2) is 18.3 Å². The van der Waals surface area contributed by atoms with Crippen LogP contribution >= 0.6 is 23.2 Å². The van der Waals surface area contributed by atoms with Crippen molar-refractivity contribution < 1.29 is 9.53 Å². The first-order chi connectivity index (χ1) is 8.02. The molecule has 6 heteroatoms. The second kappa shape index (κ2) is 6.47. The van der Waals surface area contributed by atoms with Gasteiger partial charge in [-0.05, 0) is 32.0 Å². The number of esters is 1. The van der Waals surface area contributed by atoms with Crippen molar-refractivity contribution in [2.75, 3.05) is 12.0 Å². The van der Waals surface area contributed by atoms with Gasteiger partial charge in [0.25, 0.3) is 0 Å². The van der Waals surface area contributed by atoms with Gasteiger partial charge < -0.3 is 4.74 Å². The van der Waals surface area contributed by atoms with Gasteiger partial charge in [0.2, 0.25) is 0 Å². The van der Waals surface area contributed by atoms with Gasteiger partial charge in [0.05, 0.1) is 12.3 Å². The van der Waals surface area contributed by atoms with E-state index in [1.54, 1.807) is 32.0 Å². The van der Waals surface area contributed by atoms with Crippen molar-refractivity contribution in [2.45, 2.75) is 13.8 Å². The van der Waals surface area contributed by atoms with E-state index < -0.39 is 5.97 Å². The molecular formula is C11H12Cl2N2O2. The Labute approximate surface area is 110 Å². The first-order valence-corrected chi connectivity index (χ1v) is 5.72. The van der Waals surface area contributed by atoms with Gasteiger partial charge in [-0.2, -0.15) is 5.10 Å². The van der Waals surface area contributed by atoms with Crippen LogP contribution in [0, 0.1) is 0 Å². The number of nitrogens with zero attached hydrogens (tertiary/aromatic N) is 1. The van der Waals surface area contributed by atoms with E-state index in [9.17, 15) is 4.79 Å². The topological polar surface area (TPSA) is 50.7 Å². The van der Waals surface area contributed by atoms with Crippen LogP contribution in [0.1, 0.15) is 13.8 Å². The molecule has 0 aromatic heterocycles. The van der Waals surface area contributed by atoms with Crippen molar-refractivity contribution in [2.24, 2.45) is 5.10 Å². The van der Waals surface area contributed by atoms with Crippen LogP contribution in [-0.2, 0) is 9.53 Å². The maximum absolute atomic E-state index is 11.3. The van der Waals surface area contributed by atoms with Crippen molar-refractivity contribution in [3.05, 3.63) is 28.2 Å². The van der Waals surface area contributed by atoms with E-state index in [-0.39, 0.29) is 5.71 Å². The molecule has 1 N–H and O–H groups in total. The summed E-state index contributed by atoms with van der Waals surface area (Å²) in [6.45, 7) is 3.60. The van der Waals surface area contributed by atoms with E-state index in [1.807, 2.05) is 0 Å². The van der Waals surface area contributed by atoms with E-state index in [0.717, 1.165) is 0 Å². The van der Waals surface area contributed by atoms with Crippen molar-refractivity contribution in [1.29, 1.82) is 0 Å². The molecule has 0 aliphatic heterocycles. The molecule has 0 spiro atoms. The molecule has 4 nitrogen and oxygen atoms in total. The fourth-order valence-electron chi connectivity index (χ4n) is 1.05. The van der Waals surface area contributed by atoms with Gasteiger partial charge in [0.15, 0.2) is 0 Å². The lowest BCUT2D eigenvalue weighted by molar-refractivity contribution is -0.135. The average molecular weight is 275 g/mol. The number of anilines is 1. The predicted octanol–water partition coefficient (Wildman–Crippen LogP) is 3.34. The van der Waals surface area contributed by atoms with Gasteiger partial charge in [-0.1, -0.05) is 23.2 Å². The summed E-state index contributed by atoms with van der Waals surface area (Å²) in [5, 5.41) is 4.85. The molecule has 1 aromatic rings. The smallest absolute Gasteiger partial charge is 0.354 e. The van der Waals surface area contributed by atoms with Crippen molar-refractivity contribution >= 4 is 40.6 Å². The van der Waals surface area contributed by atoms with Crippen LogP contribution in [0.15, 0.2) is 23.3 Å². The molecule has 0 atom stereocenters. The Balaban J connectivity index is 2.71. The van der Waals surface area contributed by atoms with E-state index in [1.165, 1.54) is 0 Å². The lowest BCUT2D eigenvalue weighted by atomic mass is 10.3. The maximum Gasteiger partial charge on any atom is 0.354 e. The minimum atomic E-state index is -0.465. The minimum Gasteiger partial charge on any atom is -0.461 e. The fourth-order valence-corrected chi connectivity index (χ4v) is 1.57. The summed E-state index contributed by atoms with van der Waals surface area (Å²) in [6, 6.07) is 4.90. The number of benzene rings is 1. The van der Waals surface area contributed by atoms with Gasteiger partial charge in [0, 0.05) is 10.0 Å². The predicted molar refractivity (Wildman–Crippen MR) is 69.8 cm³/mol. The Bertz CT molecular complexity index is 427. The highest BCUT2D eigenvalue weighted by Crippen LogP contribution is 2.22. The number of hydrogen-bond donors (Lipinski definition) is 1. The van der Waals surface area contributed by atoms with Gasteiger partial charge in [-0.3, -0.25) is 5.43 Å². The van der Waals surface area contributed by atoms with Gasteiger partial charge in [-0.25, -0.2) is 4.79 Å². The van der Waals surface area contributed by atoms with E-state index >= 15 is 0 Å². The third kappa shape index (κ3) is 4.63. The van der Waals surface area contributed by atoms with Gasteiger partial charge >= 0.3 is 5.97 Å². The second-order valence-corrected chi connectivity index (χ2v) is 4.06. The number of hydrazone groups is 1. The standard InChI is InChI=1S/C11H12Cl2N2O2/c1-3-17-11(16)7(2)14-15-10-5-8(12)4-9(13)6-10/h4-6,15H,3H2,1-2H3/b14-7+. The van der Waals surface area contributed by atoms with Crippen LogP contribution in [0.25, 0.3) is 0 Å². The Morgan fingerprint density at radius 1 is 1.35 bits per heavy atom. The molecule has 0 fully saturated rings. The van der Waals surface area contributed by atoms with Crippen LogP contribution in [0.2, 0.25) is 10.0 Å². The number of hydrogen-bond acceptors (Lipinski definition) is 4. The molecule has 92 valence electrons.